The van der Waals surface area contributed by atoms with Crippen LogP contribution in [0.25, 0.3) is 11.4 Å². The summed E-state index contributed by atoms with van der Waals surface area (Å²) in [5, 5.41) is 11.5. The Morgan fingerprint density at radius 1 is 1.00 bits per heavy atom. The molecule has 24 heavy (non-hydrogen) atoms. The lowest BCUT2D eigenvalue weighted by Gasteiger charge is -2.13. The number of halogens is 3. The highest BCUT2D eigenvalue weighted by molar-refractivity contribution is 5.61. The highest BCUT2D eigenvalue weighted by Gasteiger charge is 2.33. The molecule has 0 atom stereocenters. The molecule has 7 heteroatoms. The van der Waals surface area contributed by atoms with Crippen LogP contribution in [0.15, 0.2) is 42.5 Å². The van der Waals surface area contributed by atoms with E-state index in [1.54, 1.807) is 6.07 Å². The summed E-state index contributed by atoms with van der Waals surface area (Å²) in [4.78, 5) is 0. The molecule has 1 aromatic heterocycles. The molecule has 124 valence electrons. The zero-order valence-corrected chi connectivity index (χ0v) is 13.2. The number of aryl methyl sites for hydroxylation is 1. The minimum atomic E-state index is -4.41. The molecule has 0 aliphatic heterocycles. The van der Waals surface area contributed by atoms with E-state index >= 15 is 0 Å². The van der Waals surface area contributed by atoms with Gasteiger partial charge in [0.1, 0.15) is 0 Å². The van der Waals surface area contributed by atoms with Crippen molar-refractivity contribution in [2.75, 3.05) is 0 Å². The Morgan fingerprint density at radius 3 is 2.50 bits per heavy atom. The van der Waals surface area contributed by atoms with Gasteiger partial charge in [-0.2, -0.15) is 13.2 Å². The molecule has 0 unspecified atom stereocenters. The van der Waals surface area contributed by atoms with Gasteiger partial charge in [-0.15, -0.1) is 5.10 Å². The van der Waals surface area contributed by atoms with Crippen LogP contribution < -0.4 is 0 Å². The Morgan fingerprint density at radius 2 is 1.75 bits per heavy atom. The quantitative estimate of drug-likeness (QED) is 0.727. The summed E-state index contributed by atoms with van der Waals surface area (Å²) in [6.07, 6.45) is -4.41. The Balaban J connectivity index is 2.03. The summed E-state index contributed by atoms with van der Waals surface area (Å²) in [5.74, 6) is 0.452. The van der Waals surface area contributed by atoms with Crippen molar-refractivity contribution in [3.05, 3.63) is 64.7 Å². The molecule has 0 N–H and O–H groups in total. The number of nitrogens with zero attached hydrogens (tertiary/aromatic N) is 4. The second-order valence-electron chi connectivity index (χ2n) is 5.56. The topological polar surface area (TPSA) is 43.6 Å². The number of benzene rings is 2. The van der Waals surface area contributed by atoms with E-state index in [2.05, 4.69) is 15.5 Å². The van der Waals surface area contributed by atoms with Gasteiger partial charge in [-0.25, -0.2) is 4.68 Å². The van der Waals surface area contributed by atoms with Crippen LogP contribution in [0, 0.1) is 13.8 Å². The smallest absolute Gasteiger partial charge is 0.221 e. The largest absolute Gasteiger partial charge is 0.416 e. The Kier molecular flexibility index (Phi) is 4.09. The van der Waals surface area contributed by atoms with Gasteiger partial charge in [0.15, 0.2) is 5.82 Å². The second kappa shape index (κ2) is 6.07. The van der Waals surface area contributed by atoms with E-state index in [1.165, 1.54) is 16.8 Å². The third-order valence-corrected chi connectivity index (χ3v) is 4.02. The van der Waals surface area contributed by atoms with E-state index in [-0.39, 0.29) is 12.1 Å². The Bertz CT molecular complexity index is 868. The fourth-order valence-electron chi connectivity index (χ4n) is 2.59. The number of hydrogen-bond donors (Lipinski definition) is 0. The molecule has 0 saturated carbocycles. The fourth-order valence-corrected chi connectivity index (χ4v) is 2.59. The maximum absolute atomic E-state index is 13.2. The van der Waals surface area contributed by atoms with Crippen molar-refractivity contribution in [2.24, 2.45) is 0 Å². The third kappa shape index (κ3) is 3.02. The minimum Gasteiger partial charge on any atom is -0.221 e. The van der Waals surface area contributed by atoms with Gasteiger partial charge in [0.05, 0.1) is 12.1 Å². The van der Waals surface area contributed by atoms with Crippen molar-refractivity contribution in [3.63, 3.8) is 0 Å². The molecule has 0 radical (unpaired) electrons. The van der Waals surface area contributed by atoms with Crippen LogP contribution in [0.2, 0.25) is 0 Å². The maximum atomic E-state index is 13.2. The maximum Gasteiger partial charge on any atom is 0.416 e. The normalized spacial score (nSPS) is 11.7. The van der Waals surface area contributed by atoms with Gasteiger partial charge in [-0.1, -0.05) is 36.4 Å². The Labute approximate surface area is 136 Å². The first-order chi connectivity index (χ1) is 11.4. The van der Waals surface area contributed by atoms with Crippen LogP contribution >= 0.6 is 0 Å². The predicted octanol–water partition coefficient (Wildman–Crippen LogP) is 4.02. The number of alkyl halides is 3. The van der Waals surface area contributed by atoms with E-state index in [1.807, 2.05) is 32.0 Å². The molecule has 0 bridgehead atoms. The van der Waals surface area contributed by atoms with E-state index in [4.69, 9.17) is 0 Å². The lowest BCUT2D eigenvalue weighted by molar-refractivity contribution is -0.138. The van der Waals surface area contributed by atoms with E-state index in [0.29, 0.717) is 5.82 Å². The zero-order valence-electron chi connectivity index (χ0n) is 13.2. The van der Waals surface area contributed by atoms with Crippen molar-refractivity contribution >= 4 is 0 Å². The van der Waals surface area contributed by atoms with Crippen LogP contribution in [0.4, 0.5) is 13.2 Å². The lowest BCUT2D eigenvalue weighted by Crippen LogP contribution is -2.13. The van der Waals surface area contributed by atoms with Gasteiger partial charge in [-0.3, -0.25) is 0 Å². The van der Waals surface area contributed by atoms with Crippen molar-refractivity contribution in [3.8, 4) is 11.4 Å². The molecule has 0 amide bonds. The molecule has 0 fully saturated rings. The van der Waals surface area contributed by atoms with Crippen molar-refractivity contribution in [2.45, 2.75) is 26.6 Å². The van der Waals surface area contributed by atoms with Gasteiger partial charge in [0.2, 0.25) is 0 Å². The van der Waals surface area contributed by atoms with Crippen molar-refractivity contribution in [1.82, 2.24) is 20.2 Å². The highest BCUT2D eigenvalue weighted by Crippen LogP contribution is 2.32. The molecular weight excluding hydrogens is 317 g/mol. The third-order valence-electron chi connectivity index (χ3n) is 4.02. The molecule has 1 heterocycles. The summed E-state index contributed by atoms with van der Waals surface area (Å²) in [6.45, 7) is 3.85. The molecule has 0 spiro atoms. The molecule has 4 nitrogen and oxygen atoms in total. The standard InChI is InChI=1S/C17H15F3N4/c1-11-6-5-8-14(12(11)2)16-21-22-23-24(16)10-13-7-3-4-9-15(13)17(18,19)20/h3-9H,10H2,1-2H3. The van der Waals surface area contributed by atoms with Gasteiger partial charge < -0.3 is 0 Å². The zero-order chi connectivity index (χ0) is 17.3. The van der Waals surface area contributed by atoms with Gasteiger partial charge >= 0.3 is 6.18 Å². The van der Waals surface area contributed by atoms with Crippen molar-refractivity contribution in [1.29, 1.82) is 0 Å². The first-order valence-electron chi connectivity index (χ1n) is 7.36. The molecule has 0 saturated heterocycles. The van der Waals surface area contributed by atoms with Crippen LogP contribution in [0.1, 0.15) is 22.3 Å². The first-order valence-corrected chi connectivity index (χ1v) is 7.36. The SMILES string of the molecule is Cc1cccc(-c2nnnn2Cc2ccccc2C(F)(F)F)c1C. The molecule has 2 aromatic carbocycles. The van der Waals surface area contributed by atoms with E-state index in [0.717, 1.165) is 22.8 Å². The highest BCUT2D eigenvalue weighted by atomic mass is 19.4. The number of tetrazole rings is 1. The van der Waals surface area contributed by atoms with Crippen LogP contribution in [-0.2, 0) is 12.7 Å². The summed E-state index contributed by atoms with van der Waals surface area (Å²) < 4.78 is 40.9. The summed E-state index contributed by atoms with van der Waals surface area (Å²) in [6, 6.07) is 11.2. The number of aromatic nitrogens is 4. The molecule has 3 rings (SSSR count). The van der Waals surface area contributed by atoms with Gasteiger partial charge in [0, 0.05) is 5.56 Å². The van der Waals surface area contributed by atoms with Crippen molar-refractivity contribution < 1.29 is 13.2 Å². The summed E-state index contributed by atoms with van der Waals surface area (Å²) in [5.41, 5.74) is 2.33. The first kappa shape index (κ1) is 16.2. The predicted molar refractivity (Wildman–Crippen MR) is 83.3 cm³/mol. The lowest BCUT2D eigenvalue weighted by atomic mass is 10.0. The monoisotopic (exact) mass is 332 g/mol. The number of hydrogen-bond acceptors (Lipinski definition) is 3. The minimum absolute atomic E-state index is 0.0502. The molecular formula is C17H15F3N4. The fraction of sp³-hybridized carbons (Fsp3) is 0.235. The summed E-state index contributed by atoms with van der Waals surface area (Å²) >= 11 is 0. The summed E-state index contributed by atoms with van der Waals surface area (Å²) in [7, 11) is 0. The molecule has 3 aromatic rings. The average molecular weight is 332 g/mol. The number of rotatable bonds is 3. The van der Waals surface area contributed by atoms with E-state index in [9.17, 15) is 13.2 Å². The van der Waals surface area contributed by atoms with Gasteiger partial charge in [0.25, 0.3) is 0 Å². The second-order valence-corrected chi connectivity index (χ2v) is 5.56. The van der Waals surface area contributed by atoms with E-state index < -0.39 is 11.7 Å². The van der Waals surface area contributed by atoms with Crippen LogP contribution in [0.3, 0.4) is 0 Å². The average Bonchev–Trinajstić information content (AvgIpc) is 2.97. The van der Waals surface area contributed by atoms with Crippen LogP contribution in [-0.4, -0.2) is 20.2 Å². The Hall–Kier alpha value is -2.70. The van der Waals surface area contributed by atoms with Gasteiger partial charge in [-0.05, 0) is 47.0 Å². The van der Waals surface area contributed by atoms with Crippen LogP contribution in [0.5, 0.6) is 0 Å². The molecule has 0 aliphatic carbocycles. The molecule has 0 aliphatic rings.